The van der Waals surface area contributed by atoms with E-state index in [1.807, 2.05) is 6.08 Å². The van der Waals surface area contributed by atoms with Gasteiger partial charge in [-0.2, -0.15) is 0 Å². The molecule has 8 heteroatoms. The molecule has 57 heavy (non-hydrogen) atoms. The third kappa shape index (κ3) is 33.0. The van der Waals surface area contributed by atoms with Crippen molar-refractivity contribution in [3.63, 3.8) is 0 Å². The monoisotopic (exact) mass is 799 g/mol. The molecule has 8 nitrogen and oxygen atoms in total. The Bertz CT molecular complexity index is 1130. The molecule has 1 saturated heterocycles. The Morgan fingerprint density at radius 1 is 0.614 bits per heavy atom. The Morgan fingerprint density at radius 2 is 1.14 bits per heavy atom. The number of hydrogen-bond donors (Lipinski definition) is 0. The molecule has 0 spiro atoms. The maximum absolute atomic E-state index is 12.9. The summed E-state index contributed by atoms with van der Waals surface area (Å²) in [6, 6.07) is 0. The van der Waals surface area contributed by atoms with Gasteiger partial charge in [-0.15, -0.1) is 0 Å². The molecule has 0 saturated carbocycles. The molecule has 0 bridgehead atoms. The smallest absolute Gasteiger partial charge is 0.306 e. The molecule has 328 valence electrons. The molecule has 0 aromatic rings. The molecule has 0 aromatic heterocycles. The fourth-order valence-electron chi connectivity index (χ4n) is 7.56. The Balaban J connectivity index is 2.33. The van der Waals surface area contributed by atoms with Crippen LogP contribution in [0.5, 0.6) is 0 Å². The van der Waals surface area contributed by atoms with Gasteiger partial charge in [0.25, 0.3) is 0 Å². The quantitative estimate of drug-likeness (QED) is 0.0266. The minimum absolute atomic E-state index is 0.0564. The lowest BCUT2D eigenvalue weighted by atomic mass is 9.91. The maximum atomic E-state index is 12.9. The summed E-state index contributed by atoms with van der Waals surface area (Å²) in [6.07, 6.45) is 28.3. The van der Waals surface area contributed by atoms with Crippen LogP contribution in [0.3, 0.4) is 0 Å². The predicted molar refractivity (Wildman–Crippen MR) is 235 cm³/mol. The fourth-order valence-corrected chi connectivity index (χ4v) is 7.56. The highest BCUT2D eigenvalue weighted by Crippen LogP contribution is 2.23. The first-order valence-corrected chi connectivity index (χ1v) is 23.5. The van der Waals surface area contributed by atoms with Crippen LogP contribution in [0, 0.1) is 17.8 Å². The van der Waals surface area contributed by atoms with Gasteiger partial charge in [-0.05, 0) is 94.6 Å². The molecule has 0 radical (unpaired) electrons. The van der Waals surface area contributed by atoms with Crippen molar-refractivity contribution in [2.75, 3.05) is 59.6 Å². The molecule has 1 aliphatic heterocycles. The summed E-state index contributed by atoms with van der Waals surface area (Å²) in [5, 5.41) is 0. The van der Waals surface area contributed by atoms with Crippen LogP contribution in [-0.2, 0) is 28.6 Å². The highest BCUT2D eigenvalue weighted by Gasteiger charge is 2.17. The summed E-state index contributed by atoms with van der Waals surface area (Å²) in [6.45, 7) is 17.1. The highest BCUT2D eigenvalue weighted by molar-refractivity contribution is 5.70. The van der Waals surface area contributed by atoms with Gasteiger partial charge >= 0.3 is 17.9 Å². The minimum Gasteiger partial charge on any atom is -0.466 e. The number of carbonyl (C=O) groups is 3. The summed E-state index contributed by atoms with van der Waals surface area (Å²) < 4.78 is 16.8. The first-order chi connectivity index (χ1) is 27.8. The lowest BCUT2D eigenvalue weighted by Crippen LogP contribution is -2.44. The second-order valence-corrected chi connectivity index (χ2v) is 16.9. The topological polar surface area (TPSA) is 85.4 Å². The van der Waals surface area contributed by atoms with Gasteiger partial charge < -0.3 is 24.0 Å². The largest absolute Gasteiger partial charge is 0.466 e. The van der Waals surface area contributed by atoms with Crippen molar-refractivity contribution in [2.45, 2.75) is 188 Å². The van der Waals surface area contributed by atoms with E-state index in [1.165, 1.54) is 38.5 Å². The number of piperazine rings is 1. The third-order valence-electron chi connectivity index (χ3n) is 11.5. The van der Waals surface area contributed by atoms with Crippen molar-refractivity contribution in [1.82, 2.24) is 9.80 Å². The molecular weight excluding hydrogens is 713 g/mol. The lowest BCUT2D eigenvalue weighted by Gasteiger charge is -2.32. The lowest BCUT2D eigenvalue weighted by molar-refractivity contribution is -0.145. The van der Waals surface area contributed by atoms with Crippen LogP contribution in [0.4, 0.5) is 0 Å². The number of nitrogens with zero attached hydrogens (tertiary/aromatic N) is 2. The van der Waals surface area contributed by atoms with E-state index in [9.17, 15) is 14.4 Å². The molecule has 3 atom stereocenters. The summed E-state index contributed by atoms with van der Waals surface area (Å²) in [5.74, 6) is 1.07. The predicted octanol–water partition coefficient (Wildman–Crippen LogP) is 11.6. The number of esters is 3. The van der Waals surface area contributed by atoms with E-state index < -0.39 is 0 Å². The van der Waals surface area contributed by atoms with Gasteiger partial charge in [-0.25, -0.2) is 0 Å². The first-order valence-electron chi connectivity index (χ1n) is 23.5. The highest BCUT2D eigenvalue weighted by atomic mass is 16.5. The summed E-state index contributed by atoms with van der Waals surface area (Å²) in [4.78, 5) is 42.3. The van der Waals surface area contributed by atoms with Crippen LogP contribution >= 0.6 is 0 Å². The summed E-state index contributed by atoms with van der Waals surface area (Å²) in [7, 11) is 2.17. The Morgan fingerprint density at radius 3 is 1.74 bits per heavy atom. The van der Waals surface area contributed by atoms with Crippen LogP contribution in [0.1, 0.15) is 188 Å². The van der Waals surface area contributed by atoms with E-state index in [0.29, 0.717) is 56.8 Å². The molecule has 3 unspecified atom stereocenters. The van der Waals surface area contributed by atoms with E-state index >= 15 is 0 Å². The average Bonchev–Trinajstić information content (AvgIpc) is 3.19. The van der Waals surface area contributed by atoms with Crippen molar-refractivity contribution in [2.24, 2.45) is 17.8 Å². The van der Waals surface area contributed by atoms with Gasteiger partial charge in [0.2, 0.25) is 0 Å². The zero-order valence-corrected chi connectivity index (χ0v) is 37.4. The van der Waals surface area contributed by atoms with Crippen molar-refractivity contribution < 1.29 is 28.6 Å². The molecule has 0 aliphatic carbocycles. The SMILES string of the molecule is C=C=C=C=CC(CCCCC)CCOC(=O)CCCCCCCC(CCCCCCCC(=O)OCCC(C)CCCCC)CC(=O)OCCCN1CCN(C)CC1. The second-order valence-electron chi connectivity index (χ2n) is 16.9. The molecular formula is C49H86N2O6. The van der Waals surface area contributed by atoms with Crippen molar-refractivity contribution in [3.05, 3.63) is 29.8 Å². The fraction of sp³-hybridized carbons (Fsp3) is 0.837. The molecule has 0 amide bonds. The van der Waals surface area contributed by atoms with Gasteiger partial charge in [0.1, 0.15) is 0 Å². The third-order valence-corrected chi connectivity index (χ3v) is 11.5. The van der Waals surface area contributed by atoms with Gasteiger partial charge in [0, 0.05) is 52.0 Å². The van der Waals surface area contributed by atoms with Crippen molar-refractivity contribution in [1.29, 1.82) is 0 Å². The number of unbranched alkanes of at least 4 members (excludes halogenated alkanes) is 12. The van der Waals surface area contributed by atoms with Gasteiger partial charge in [0.05, 0.1) is 19.8 Å². The normalized spacial score (nSPS) is 14.8. The maximum Gasteiger partial charge on any atom is 0.306 e. The summed E-state index contributed by atoms with van der Waals surface area (Å²) >= 11 is 0. The standard InChI is InChI=1S/C49H86N2O6/c1-6-9-18-26-44(4)33-41-56-47(52)31-23-16-12-14-21-29-46(43-49(54)55-40-25-35-51-38-36-50(5)37-39-51)30-22-15-13-17-24-32-48(53)57-42-34-45(27-19-10-7-2)28-20-11-8-3/h27,44-46H,2,6,8-9,11-18,20-26,28-43H2,1,3-5H3. The Kier molecular flexibility index (Phi) is 34.6. The minimum atomic E-state index is -0.104. The number of ether oxygens (including phenoxy) is 3. The van der Waals surface area contributed by atoms with Crippen LogP contribution in [-0.4, -0.2) is 87.3 Å². The second kappa shape index (κ2) is 37.7. The van der Waals surface area contributed by atoms with Gasteiger partial charge in [-0.3, -0.25) is 14.4 Å². The number of carbonyl (C=O) groups excluding carboxylic acids is 3. The first kappa shape index (κ1) is 52.4. The van der Waals surface area contributed by atoms with Crippen LogP contribution in [0.2, 0.25) is 0 Å². The van der Waals surface area contributed by atoms with Crippen molar-refractivity contribution in [3.8, 4) is 0 Å². The Hall–Kier alpha value is -2.59. The average molecular weight is 799 g/mol. The number of likely N-dealkylation sites (N-methyl/N-ethyl adjacent to an activating group) is 1. The van der Waals surface area contributed by atoms with Gasteiger partial charge in [-0.1, -0.05) is 129 Å². The zero-order valence-electron chi connectivity index (χ0n) is 37.4. The molecule has 0 N–H and O–H groups in total. The molecule has 0 aromatic carbocycles. The molecule has 1 heterocycles. The zero-order chi connectivity index (χ0) is 41.6. The van der Waals surface area contributed by atoms with Gasteiger partial charge in [0.15, 0.2) is 0 Å². The van der Waals surface area contributed by atoms with E-state index in [-0.39, 0.29) is 17.9 Å². The van der Waals surface area contributed by atoms with Crippen LogP contribution in [0.25, 0.3) is 0 Å². The number of rotatable bonds is 37. The molecule has 1 rings (SSSR count). The van der Waals surface area contributed by atoms with E-state index in [1.54, 1.807) is 0 Å². The van der Waals surface area contributed by atoms with E-state index in [2.05, 4.69) is 61.4 Å². The van der Waals surface area contributed by atoms with Crippen LogP contribution < -0.4 is 0 Å². The van der Waals surface area contributed by atoms with E-state index in [0.717, 1.165) is 142 Å². The Labute approximate surface area is 350 Å². The van der Waals surface area contributed by atoms with E-state index in [4.69, 9.17) is 14.2 Å². The summed E-state index contributed by atoms with van der Waals surface area (Å²) in [5.41, 5.74) is 8.38. The molecule has 1 aliphatic rings. The number of hydrogen-bond acceptors (Lipinski definition) is 8. The number of allylic oxidation sites excluding steroid dienone is 1. The van der Waals surface area contributed by atoms with Crippen molar-refractivity contribution >= 4 is 17.9 Å². The molecule has 1 fully saturated rings. The van der Waals surface area contributed by atoms with Crippen LogP contribution in [0.15, 0.2) is 29.8 Å².